The van der Waals surface area contributed by atoms with Crippen molar-refractivity contribution in [2.75, 3.05) is 12.4 Å². The van der Waals surface area contributed by atoms with E-state index in [0.29, 0.717) is 0 Å². The fraction of sp³-hybridized carbons (Fsp3) is 0.368. The van der Waals surface area contributed by atoms with Gasteiger partial charge in [0.25, 0.3) is 0 Å². The number of ether oxygens (including phenoxy) is 1. The number of nitrogens with one attached hydrogen (secondary N) is 1. The first-order valence-electron chi connectivity index (χ1n) is 8.55. The van der Waals surface area contributed by atoms with E-state index in [4.69, 9.17) is 16.3 Å². The third-order valence-corrected chi connectivity index (χ3v) is 6.00. The van der Waals surface area contributed by atoms with Gasteiger partial charge in [-0.3, -0.25) is 0 Å². The Morgan fingerprint density at radius 3 is 2.84 bits per heavy atom. The summed E-state index contributed by atoms with van der Waals surface area (Å²) in [5.74, 6) is 1.56. The highest BCUT2D eigenvalue weighted by molar-refractivity contribution is 7.19. The van der Waals surface area contributed by atoms with E-state index in [9.17, 15) is 0 Å². The predicted octanol–water partition coefficient (Wildman–Crippen LogP) is 5.67. The van der Waals surface area contributed by atoms with Crippen molar-refractivity contribution in [1.29, 1.82) is 0 Å². The number of anilines is 2. The number of fused-ring (bicyclic) bond motifs is 3. The lowest BCUT2D eigenvalue weighted by Crippen LogP contribution is -2.00. The molecule has 130 valence electrons. The largest absolute Gasteiger partial charge is 0.495 e. The standard InChI is InChI=1S/C19H20ClN3OS/c1-11-8-9-14(24-2)13(10-11)21-17-16-12-6-4-3-5-7-15(12)25-18(16)23-19(20)22-17/h8-10H,3-7H2,1-2H3,(H,21,22,23). The van der Waals surface area contributed by atoms with Crippen LogP contribution in [-0.2, 0) is 12.8 Å². The second-order valence-corrected chi connectivity index (χ2v) is 7.84. The number of aryl methyl sites for hydroxylation is 3. The molecule has 0 spiro atoms. The zero-order valence-electron chi connectivity index (χ0n) is 14.4. The lowest BCUT2D eigenvalue weighted by atomic mass is 10.1. The molecule has 0 radical (unpaired) electrons. The molecule has 1 N–H and O–H groups in total. The number of halogens is 1. The highest BCUT2D eigenvalue weighted by atomic mass is 35.5. The summed E-state index contributed by atoms with van der Waals surface area (Å²) in [5.41, 5.74) is 3.44. The average Bonchev–Trinajstić information content (AvgIpc) is 2.76. The van der Waals surface area contributed by atoms with Gasteiger partial charge in [0.1, 0.15) is 16.4 Å². The van der Waals surface area contributed by atoms with Crippen LogP contribution < -0.4 is 10.1 Å². The van der Waals surface area contributed by atoms with E-state index in [-0.39, 0.29) is 5.28 Å². The summed E-state index contributed by atoms with van der Waals surface area (Å²) in [6.07, 6.45) is 5.96. The van der Waals surface area contributed by atoms with E-state index in [1.54, 1.807) is 18.4 Å². The van der Waals surface area contributed by atoms with E-state index >= 15 is 0 Å². The Balaban J connectivity index is 1.87. The first-order chi connectivity index (χ1) is 12.2. The summed E-state index contributed by atoms with van der Waals surface area (Å²) >= 11 is 7.96. The molecule has 0 saturated heterocycles. The number of thiophene rings is 1. The van der Waals surface area contributed by atoms with Crippen LogP contribution in [-0.4, -0.2) is 17.1 Å². The van der Waals surface area contributed by atoms with Crippen LogP contribution in [0.4, 0.5) is 11.5 Å². The molecule has 0 amide bonds. The summed E-state index contributed by atoms with van der Waals surface area (Å²) in [6, 6.07) is 6.06. The number of aromatic nitrogens is 2. The average molecular weight is 374 g/mol. The van der Waals surface area contributed by atoms with Crippen LogP contribution in [0.25, 0.3) is 10.2 Å². The normalized spacial score (nSPS) is 14.2. The lowest BCUT2D eigenvalue weighted by Gasteiger charge is -2.13. The van der Waals surface area contributed by atoms with Crippen molar-refractivity contribution in [1.82, 2.24) is 9.97 Å². The van der Waals surface area contributed by atoms with Gasteiger partial charge in [-0.15, -0.1) is 11.3 Å². The summed E-state index contributed by atoms with van der Waals surface area (Å²) in [6.45, 7) is 2.06. The van der Waals surface area contributed by atoms with Gasteiger partial charge in [0.05, 0.1) is 18.2 Å². The molecule has 0 fully saturated rings. The maximum Gasteiger partial charge on any atom is 0.225 e. The van der Waals surface area contributed by atoms with Gasteiger partial charge in [0.2, 0.25) is 5.28 Å². The molecule has 1 aliphatic carbocycles. The Labute approximate surface area is 156 Å². The van der Waals surface area contributed by atoms with E-state index < -0.39 is 0 Å². The van der Waals surface area contributed by atoms with Gasteiger partial charge in [-0.2, -0.15) is 4.98 Å². The topological polar surface area (TPSA) is 47.0 Å². The molecule has 3 aromatic rings. The molecule has 0 unspecified atom stereocenters. The third kappa shape index (κ3) is 3.18. The van der Waals surface area contributed by atoms with E-state index in [0.717, 1.165) is 45.9 Å². The summed E-state index contributed by atoms with van der Waals surface area (Å²) in [5, 5.41) is 4.85. The summed E-state index contributed by atoms with van der Waals surface area (Å²) in [4.78, 5) is 11.4. The maximum absolute atomic E-state index is 6.20. The van der Waals surface area contributed by atoms with Gasteiger partial charge >= 0.3 is 0 Å². The molecule has 1 aliphatic rings. The number of benzene rings is 1. The second kappa shape index (κ2) is 6.81. The molecule has 2 heterocycles. The minimum Gasteiger partial charge on any atom is -0.495 e. The van der Waals surface area contributed by atoms with Crippen LogP contribution in [0, 0.1) is 6.92 Å². The van der Waals surface area contributed by atoms with Crippen LogP contribution in [0.3, 0.4) is 0 Å². The van der Waals surface area contributed by atoms with Gasteiger partial charge in [-0.1, -0.05) is 12.5 Å². The van der Waals surface area contributed by atoms with Gasteiger partial charge < -0.3 is 10.1 Å². The fourth-order valence-corrected chi connectivity index (χ4v) is 4.93. The molecule has 1 aromatic carbocycles. The monoisotopic (exact) mass is 373 g/mol. The SMILES string of the molecule is COc1ccc(C)cc1Nc1nc(Cl)nc2sc3c(c12)CCCCC3. The molecule has 0 bridgehead atoms. The Bertz CT molecular complexity index is 938. The zero-order chi connectivity index (χ0) is 17.4. The van der Waals surface area contributed by atoms with Gasteiger partial charge in [-0.05, 0) is 67.5 Å². The quantitative estimate of drug-likeness (QED) is 0.474. The number of rotatable bonds is 3. The predicted molar refractivity (Wildman–Crippen MR) is 105 cm³/mol. The second-order valence-electron chi connectivity index (χ2n) is 6.41. The van der Waals surface area contributed by atoms with E-state index in [1.165, 1.54) is 29.7 Å². The Morgan fingerprint density at radius 1 is 1.16 bits per heavy atom. The van der Waals surface area contributed by atoms with Crippen molar-refractivity contribution in [3.8, 4) is 5.75 Å². The number of methoxy groups -OCH3 is 1. The molecule has 2 aromatic heterocycles. The first kappa shape index (κ1) is 16.6. The minimum atomic E-state index is 0.276. The van der Waals surface area contributed by atoms with E-state index in [1.807, 2.05) is 12.1 Å². The summed E-state index contributed by atoms with van der Waals surface area (Å²) in [7, 11) is 1.68. The van der Waals surface area contributed by atoms with E-state index in [2.05, 4.69) is 28.3 Å². The molecule has 0 saturated carbocycles. The molecule has 25 heavy (non-hydrogen) atoms. The van der Waals surface area contributed by atoms with Crippen molar-refractivity contribution < 1.29 is 4.74 Å². The molecule has 4 nitrogen and oxygen atoms in total. The van der Waals surface area contributed by atoms with Crippen molar-refractivity contribution in [3.63, 3.8) is 0 Å². The maximum atomic E-state index is 6.20. The summed E-state index contributed by atoms with van der Waals surface area (Å²) < 4.78 is 5.49. The van der Waals surface area contributed by atoms with Gasteiger partial charge in [0, 0.05) is 4.88 Å². The van der Waals surface area contributed by atoms with Crippen molar-refractivity contribution in [2.45, 2.75) is 39.0 Å². The van der Waals surface area contributed by atoms with Gasteiger partial charge in [-0.25, -0.2) is 4.98 Å². The van der Waals surface area contributed by atoms with Gasteiger partial charge in [0.15, 0.2) is 0 Å². The Hall–Kier alpha value is -1.85. The smallest absolute Gasteiger partial charge is 0.225 e. The molecule has 4 rings (SSSR count). The zero-order valence-corrected chi connectivity index (χ0v) is 15.9. The molecule has 0 aliphatic heterocycles. The van der Waals surface area contributed by atoms with Crippen LogP contribution in [0.1, 0.15) is 35.3 Å². The Kier molecular flexibility index (Phi) is 4.52. The minimum absolute atomic E-state index is 0.276. The fourth-order valence-electron chi connectivity index (χ4n) is 3.45. The van der Waals surface area contributed by atoms with Crippen LogP contribution in [0.15, 0.2) is 18.2 Å². The third-order valence-electron chi connectivity index (χ3n) is 4.65. The highest BCUT2D eigenvalue weighted by Crippen LogP contribution is 2.40. The molecular formula is C19H20ClN3OS. The molecular weight excluding hydrogens is 354 g/mol. The highest BCUT2D eigenvalue weighted by Gasteiger charge is 2.20. The Morgan fingerprint density at radius 2 is 2.00 bits per heavy atom. The van der Waals surface area contributed by atoms with Crippen molar-refractivity contribution in [3.05, 3.63) is 39.5 Å². The number of nitrogens with zero attached hydrogens (tertiary/aromatic N) is 2. The molecule has 0 atom stereocenters. The lowest BCUT2D eigenvalue weighted by molar-refractivity contribution is 0.416. The van der Waals surface area contributed by atoms with Crippen molar-refractivity contribution >= 4 is 44.7 Å². The molecule has 6 heteroatoms. The van der Waals surface area contributed by atoms with Crippen LogP contribution in [0.2, 0.25) is 5.28 Å². The first-order valence-corrected chi connectivity index (χ1v) is 9.74. The van der Waals surface area contributed by atoms with Crippen molar-refractivity contribution in [2.24, 2.45) is 0 Å². The number of hydrogen-bond donors (Lipinski definition) is 1. The number of hydrogen-bond acceptors (Lipinski definition) is 5. The van der Waals surface area contributed by atoms with Crippen LogP contribution >= 0.6 is 22.9 Å². The van der Waals surface area contributed by atoms with Crippen LogP contribution in [0.5, 0.6) is 5.75 Å².